The van der Waals surface area contributed by atoms with Gasteiger partial charge in [0.05, 0.1) is 18.3 Å². The fraction of sp³-hybridized carbons (Fsp3) is 0.409. The number of amides is 1. The molecule has 0 spiro atoms. The normalized spacial score (nSPS) is 16.8. The maximum atomic E-state index is 12.6. The predicted molar refractivity (Wildman–Crippen MR) is 113 cm³/mol. The lowest BCUT2D eigenvalue weighted by atomic mass is 10.1. The number of para-hydroxylation sites is 2. The van der Waals surface area contributed by atoms with Crippen LogP contribution in [0.5, 0.6) is 11.5 Å². The third kappa shape index (κ3) is 5.38. The van der Waals surface area contributed by atoms with Gasteiger partial charge in [-0.05, 0) is 57.3 Å². The Morgan fingerprint density at radius 2 is 1.97 bits per heavy atom. The van der Waals surface area contributed by atoms with Crippen molar-refractivity contribution in [2.45, 2.75) is 32.6 Å². The molecule has 2 aromatic carbocycles. The van der Waals surface area contributed by atoms with Gasteiger partial charge in [-0.15, -0.1) is 0 Å². The molecule has 1 heterocycles. The van der Waals surface area contributed by atoms with Crippen LogP contribution in [0.1, 0.15) is 13.8 Å². The van der Waals surface area contributed by atoms with Crippen molar-refractivity contribution in [3.8, 4) is 11.5 Å². The molecule has 0 radical (unpaired) electrons. The summed E-state index contributed by atoms with van der Waals surface area (Å²) in [6, 6.07) is 13.4. The quantitative estimate of drug-likeness (QED) is 0.705. The summed E-state index contributed by atoms with van der Waals surface area (Å²) in [6.07, 6.45) is -0.0640. The van der Waals surface area contributed by atoms with Gasteiger partial charge >= 0.3 is 6.61 Å². The van der Waals surface area contributed by atoms with Crippen molar-refractivity contribution in [1.29, 1.82) is 0 Å². The monoisotopic (exact) mass is 419 g/mol. The van der Waals surface area contributed by atoms with Gasteiger partial charge in [-0.1, -0.05) is 12.1 Å². The Labute approximate surface area is 175 Å². The number of rotatable bonds is 8. The number of carbonyl (C=O) groups is 1. The van der Waals surface area contributed by atoms with Crippen LogP contribution in [-0.4, -0.2) is 56.2 Å². The van der Waals surface area contributed by atoms with Crippen molar-refractivity contribution in [2.75, 3.05) is 36.9 Å². The number of ether oxygens (including phenoxy) is 2. The van der Waals surface area contributed by atoms with E-state index in [0.717, 1.165) is 24.5 Å². The highest BCUT2D eigenvalue weighted by Gasteiger charge is 2.28. The summed E-state index contributed by atoms with van der Waals surface area (Å²) in [7, 11) is 1.88. The van der Waals surface area contributed by atoms with E-state index in [-0.39, 0.29) is 17.8 Å². The molecule has 30 heavy (non-hydrogen) atoms. The van der Waals surface area contributed by atoms with E-state index in [9.17, 15) is 13.6 Å². The molecule has 0 bridgehead atoms. The number of carbonyl (C=O) groups excluding carboxylic acids is 1. The van der Waals surface area contributed by atoms with E-state index in [4.69, 9.17) is 4.74 Å². The molecule has 0 aromatic heterocycles. The van der Waals surface area contributed by atoms with E-state index in [1.165, 1.54) is 24.3 Å². The summed E-state index contributed by atoms with van der Waals surface area (Å²) < 4.78 is 34.9. The molecule has 2 aromatic rings. The summed E-state index contributed by atoms with van der Waals surface area (Å²) >= 11 is 0. The Balaban J connectivity index is 1.56. The van der Waals surface area contributed by atoms with Crippen molar-refractivity contribution < 1.29 is 23.0 Å². The van der Waals surface area contributed by atoms with Crippen molar-refractivity contribution in [1.82, 2.24) is 4.90 Å². The van der Waals surface area contributed by atoms with Crippen molar-refractivity contribution in [3.05, 3.63) is 48.5 Å². The van der Waals surface area contributed by atoms with Crippen molar-refractivity contribution in [2.24, 2.45) is 0 Å². The molecule has 162 valence electrons. The zero-order chi connectivity index (χ0) is 21.7. The van der Waals surface area contributed by atoms with Crippen LogP contribution in [0.2, 0.25) is 0 Å². The molecule has 6 nitrogen and oxygen atoms in total. The average Bonchev–Trinajstić information content (AvgIpc) is 2.73. The number of hydrogen-bond donors (Lipinski definition) is 1. The second-order valence-corrected chi connectivity index (χ2v) is 7.25. The highest BCUT2D eigenvalue weighted by atomic mass is 19.3. The standard InChI is InChI=1S/C22H27F2N3O3/c1-4-27-14-18(29-20-8-6-5-7-19(20)27)13-26(3)15(2)21(28)25-16-9-11-17(12-10-16)30-22(23)24/h5-12,15,18,22H,4,13-14H2,1-3H3,(H,25,28). The predicted octanol–water partition coefficient (Wildman–Crippen LogP) is 3.83. The Morgan fingerprint density at radius 3 is 2.63 bits per heavy atom. The average molecular weight is 419 g/mol. The van der Waals surface area contributed by atoms with Crippen LogP contribution in [0.3, 0.4) is 0 Å². The maximum Gasteiger partial charge on any atom is 0.387 e. The number of halogens is 2. The molecule has 0 aliphatic carbocycles. The first kappa shape index (κ1) is 21.8. The van der Waals surface area contributed by atoms with Gasteiger partial charge in [-0.25, -0.2) is 0 Å². The molecule has 8 heteroatoms. The molecule has 1 aliphatic heterocycles. The summed E-state index contributed by atoms with van der Waals surface area (Å²) in [5, 5.41) is 2.80. The van der Waals surface area contributed by atoms with Gasteiger partial charge in [0.2, 0.25) is 5.91 Å². The van der Waals surface area contributed by atoms with E-state index in [0.29, 0.717) is 12.2 Å². The summed E-state index contributed by atoms with van der Waals surface area (Å²) in [5.41, 5.74) is 1.60. The second kappa shape index (κ2) is 9.75. The fourth-order valence-electron chi connectivity index (χ4n) is 3.42. The number of nitrogens with one attached hydrogen (secondary N) is 1. The summed E-state index contributed by atoms with van der Waals surface area (Å²) in [6.45, 7) is 3.26. The van der Waals surface area contributed by atoms with E-state index in [1.54, 1.807) is 0 Å². The Hall–Kier alpha value is -2.87. The summed E-state index contributed by atoms with van der Waals surface area (Å²) in [5.74, 6) is 0.708. The molecule has 1 N–H and O–H groups in total. The Morgan fingerprint density at radius 1 is 1.27 bits per heavy atom. The smallest absolute Gasteiger partial charge is 0.387 e. The van der Waals surface area contributed by atoms with E-state index >= 15 is 0 Å². The van der Waals surface area contributed by atoms with Crippen LogP contribution < -0.4 is 19.7 Å². The minimum absolute atomic E-state index is 0.0448. The molecule has 1 amide bonds. The van der Waals surface area contributed by atoms with Gasteiger partial charge < -0.3 is 19.7 Å². The zero-order valence-electron chi connectivity index (χ0n) is 17.3. The van der Waals surface area contributed by atoms with E-state index in [1.807, 2.05) is 43.1 Å². The largest absolute Gasteiger partial charge is 0.485 e. The number of nitrogens with zero attached hydrogens (tertiary/aromatic N) is 2. The third-order valence-electron chi connectivity index (χ3n) is 5.18. The number of hydrogen-bond acceptors (Lipinski definition) is 5. The van der Waals surface area contributed by atoms with Crippen molar-refractivity contribution in [3.63, 3.8) is 0 Å². The number of fused-ring (bicyclic) bond motifs is 1. The molecule has 0 fully saturated rings. The first-order valence-corrected chi connectivity index (χ1v) is 9.94. The highest BCUT2D eigenvalue weighted by molar-refractivity contribution is 5.94. The molecular weight excluding hydrogens is 392 g/mol. The van der Waals surface area contributed by atoms with Crippen LogP contribution in [0, 0.1) is 0 Å². The minimum Gasteiger partial charge on any atom is -0.485 e. The fourth-order valence-corrected chi connectivity index (χ4v) is 3.42. The van der Waals surface area contributed by atoms with Gasteiger partial charge in [0.15, 0.2) is 0 Å². The maximum absolute atomic E-state index is 12.6. The topological polar surface area (TPSA) is 54.0 Å². The molecule has 0 saturated carbocycles. The lowest BCUT2D eigenvalue weighted by molar-refractivity contribution is -0.120. The van der Waals surface area contributed by atoms with Gasteiger partial charge in [0.1, 0.15) is 17.6 Å². The molecule has 1 aliphatic rings. The first-order chi connectivity index (χ1) is 14.4. The van der Waals surface area contributed by atoms with Crippen LogP contribution in [-0.2, 0) is 4.79 Å². The van der Waals surface area contributed by atoms with Crippen LogP contribution in [0.25, 0.3) is 0 Å². The first-order valence-electron chi connectivity index (χ1n) is 9.94. The van der Waals surface area contributed by atoms with Gasteiger partial charge in [0, 0.05) is 18.8 Å². The second-order valence-electron chi connectivity index (χ2n) is 7.25. The Kier molecular flexibility index (Phi) is 7.10. The number of alkyl halides is 2. The highest BCUT2D eigenvalue weighted by Crippen LogP contribution is 2.33. The van der Waals surface area contributed by atoms with Gasteiger partial charge in [-0.3, -0.25) is 9.69 Å². The lowest BCUT2D eigenvalue weighted by Crippen LogP contribution is -2.49. The molecular formula is C22H27F2N3O3. The summed E-state index contributed by atoms with van der Waals surface area (Å²) in [4.78, 5) is 16.8. The minimum atomic E-state index is -2.88. The van der Waals surface area contributed by atoms with Crippen LogP contribution >= 0.6 is 0 Å². The van der Waals surface area contributed by atoms with Crippen molar-refractivity contribution >= 4 is 17.3 Å². The molecule has 3 rings (SSSR count). The molecule has 2 unspecified atom stereocenters. The SMILES string of the molecule is CCN1CC(CN(C)C(C)C(=O)Nc2ccc(OC(F)F)cc2)Oc2ccccc21. The van der Waals surface area contributed by atoms with Crippen LogP contribution in [0.15, 0.2) is 48.5 Å². The molecule has 0 saturated heterocycles. The number of likely N-dealkylation sites (N-methyl/N-ethyl adjacent to an activating group) is 2. The zero-order valence-corrected chi connectivity index (χ0v) is 17.3. The molecule has 2 atom stereocenters. The van der Waals surface area contributed by atoms with Crippen LogP contribution in [0.4, 0.5) is 20.2 Å². The number of anilines is 2. The Bertz CT molecular complexity index is 848. The van der Waals surface area contributed by atoms with Gasteiger partial charge in [-0.2, -0.15) is 8.78 Å². The third-order valence-corrected chi connectivity index (χ3v) is 5.18. The van der Waals surface area contributed by atoms with E-state index in [2.05, 4.69) is 21.9 Å². The van der Waals surface area contributed by atoms with Gasteiger partial charge in [0.25, 0.3) is 0 Å². The lowest BCUT2D eigenvalue weighted by Gasteiger charge is -2.38. The van der Waals surface area contributed by atoms with E-state index < -0.39 is 12.7 Å². The number of benzene rings is 2.